The Morgan fingerprint density at radius 1 is 0.970 bits per heavy atom. The molecular weight excluding hydrogens is 448 g/mol. The zero-order chi connectivity index (χ0) is 23.0. The van der Waals surface area contributed by atoms with Gasteiger partial charge in [0.05, 0.1) is 29.1 Å². The van der Waals surface area contributed by atoms with Crippen LogP contribution in [0.5, 0.6) is 11.5 Å². The molecule has 0 radical (unpaired) electrons. The number of benzene rings is 2. The van der Waals surface area contributed by atoms with Crippen molar-refractivity contribution in [3.8, 4) is 11.5 Å². The smallest absolute Gasteiger partial charge is 0.323 e. The number of ether oxygens (including phenoxy) is 2. The lowest BCUT2D eigenvalue weighted by atomic mass is 9.97. The fourth-order valence-corrected chi connectivity index (χ4v) is 5.65. The number of fused-ring (bicyclic) bond motifs is 2. The van der Waals surface area contributed by atoms with E-state index < -0.39 is 10.0 Å². The number of piperidine rings is 1. The van der Waals surface area contributed by atoms with Gasteiger partial charge in [-0.15, -0.1) is 0 Å². The molecule has 10 nitrogen and oxygen atoms in total. The van der Waals surface area contributed by atoms with Gasteiger partial charge in [-0.05, 0) is 43.2 Å². The summed E-state index contributed by atoms with van der Waals surface area (Å²) in [7, 11) is -3.71. The van der Waals surface area contributed by atoms with Crippen LogP contribution >= 0.6 is 0 Å². The largest absolute Gasteiger partial charge is 0.490 e. The number of aromatic amines is 2. The predicted octanol–water partition coefficient (Wildman–Crippen LogP) is 2.06. The van der Waals surface area contributed by atoms with Crippen molar-refractivity contribution in [3.05, 3.63) is 46.9 Å². The normalized spacial score (nSPS) is 17.6. The monoisotopic (exact) mass is 472 g/mol. The molecule has 1 fully saturated rings. The molecule has 0 bridgehead atoms. The van der Waals surface area contributed by atoms with E-state index >= 15 is 0 Å². The molecule has 1 aromatic heterocycles. The number of H-pyrrole nitrogens is 2. The highest BCUT2D eigenvalue weighted by Crippen LogP contribution is 2.34. The fourth-order valence-electron chi connectivity index (χ4n) is 4.17. The predicted molar refractivity (Wildman–Crippen MR) is 121 cm³/mol. The minimum atomic E-state index is -3.71. The van der Waals surface area contributed by atoms with Gasteiger partial charge >= 0.3 is 5.69 Å². The minimum absolute atomic E-state index is 0.156. The Bertz CT molecular complexity index is 1350. The third kappa shape index (κ3) is 4.33. The summed E-state index contributed by atoms with van der Waals surface area (Å²) in [5.41, 5.74) is 1.53. The van der Waals surface area contributed by atoms with Crippen LogP contribution in [0.25, 0.3) is 11.0 Å². The van der Waals surface area contributed by atoms with Crippen molar-refractivity contribution in [2.24, 2.45) is 5.92 Å². The number of carbonyl (C=O) groups excluding carboxylic acids is 1. The number of carbonyl (C=O) groups is 1. The maximum atomic E-state index is 13.2. The van der Waals surface area contributed by atoms with Gasteiger partial charge in [-0.1, -0.05) is 0 Å². The number of imidazole rings is 1. The molecule has 3 aromatic rings. The van der Waals surface area contributed by atoms with Crippen LogP contribution in [0.15, 0.2) is 46.1 Å². The van der Waals surface area contributed by atoms with E-state index in [2.05, 4.69) is 15.3 Å². The van der Waals surface area contributed by atoms with Crippen LogP contribution in [0.3, 0.4) is 0 Å². The second-order valence-electron chi connectivity index (χ2n) is 8.17. The van der Waals surface area contributed by atoms with E-state index in [4.69, 9.17) is 9.47 Å². The summed E-state index contributed by atoms with van der Waals surface area (Å²) in [4.78, 5) is 29.6. The lowest BCUT2D eigenvalue weighted by molar-refractivity contribution is -0.120. The first-order valence-electron chi connectivity index (χ1n) is 10.8. The molecule has 2 aromatic carbocycles. The number of nitrogens with zero attached hydrogens (tertiary/aromatic N) is 1. The molecule has 3 N–H and O–H groups in total. The summed E-state index contributed by atoms with van der Waals surface area (Å²) >= 11 is 0. The molecule has 0 atom stereocenters. The van der Waals surface area contributed by atoms with Crippen LogP contribution in [0, 0.1) is 5.92 Å². The standard InChI is InChI=1S/C22H24N4O6S/c27-21(23-15-2-4-17-18(12-15)25-22(28)24-17)14-6-8-26(9-7-14)33(29,30)16-3-5-19-20(13-16)32-11-1-10-31-19/h2-5,12-14H,1,6-11H2,(H,23,27)(H2,24,25,28). The summed E-state index contributed by atoms with van der Waals surface area (Å²) in [6.45, 7) is 1.51. The van der Waals surface area contributed by atoms with Gasteiger partial charge in [0.25, 0.3) is 0 Å². The van der Waals surface area contributed by atoms with Crippen LogP contribution in [-0.4, -0.2) is 54.9 Å². The minimum Gasteiger partial charge on any atom is -0.490 e. The van der Waals surface area contributed by atoms with Gasteiger partial charge < -0.3 is 24.8 Å². The van der Waals surface area contributed by atoms with E-state index in [1.807, 2.05) is 0 Å². The van der Waals surface area contributed by atoms with E-state index in [9.17, 15) is 18.0 Å². The Kier molecular flexibility index (Phi) is 5.59. The number of rotatable bonds is 4. The van der Waals surface area contributed by atoms with Crippen molar-refractivity contribution in [2.75, 3.05) is 31.6 Å². The fraction of sp³-hybridized carbons (Fsp3) is 0.364. The first kappa shape index (κ1) is 21.5. The average molecular weight is 473 g/mol. The van der Waals surface area contributed by atoms with Crippen LogP contribution in [0.2, 0.25) is 0 Å². The molecule has 174 valence electrons. The Morgan fingerprint density at radius 3 is 2.48 bits per heavy atom. The topological polar surface area (TPSA) is 134 Å². The summed E-state index contributed by atoms with van der Waals surface area (Å²) in [6, 6.07) is 9.79. The SMILES string of the molecule is O=C(Nc1ccc2[nH]c(=O)[nH]c2c1)C1CCN(S(=O)(=O)c2ccc3c(c2)OCCCO3)CC1. The quantitative estimate of drug-likeness (QED) is 0.532. The Morgan fingerprint density at radius 2 is 1.70 bits per heavy atom. The van der Waals surface area contributed by atoms with Crippen molar-refractivity contribution in [1.29, 1.82) is 0 Å². The lowest BCUT2D eigenvalue weighted by Gasteiger charge is -2.30. The van der Waals surface area contributed by atoms with Crippen molar-refractivity contribution >= 4 is 32.7 Å². The Hall–Kier alpha value is -3.31. The molecule has 1 saturated heterocycles. The molecule has 0 aliphatic carbocycles. The number of anilines is 1. The van der Waals surface area contributed by atoms with Crippen molar-refractivity contribution < 1.29 is 22.7 Å². The molecular formula is C22H24N4O6S. The van der Waals surface area contributed by atoms with Crippen LogP contribution in [-0.2, 0) is 14.8 Å². The van der Waals surface area contributed by atoms with Gasteiger partial charge in [0.15, 0.2) is 11.5 Å². The van der Waals surface area contributed by atoms with Crippen LogP contribution in [0.1, 0.15) is 19.3 Å². The molecule has 33 heavy (non-hydrogen) atoms. The number of hydrogen-bond donors (Lipinski definition) is 3. The lowest BCUT2D eigenvalue weighted by Crippen LogP contribution is -2.41. The maximum Gasteiger partial charge on any atom is 0.323 e. The Balaban J connectivity index is 1.23. The summed E-state index contributed by atoms with van der Waals surface area (Å²) in [5, 5.41) is 2.87. The van der Waals surface area contributed by atoms with Gasteiger partial charge in [-0.2, -0.15) is 4.31 Å². The van der Waals surface area contributed by atoms with E-state index in [-0.39, 0.29) is 35.5 Å². The van der Waals surface area contributed by atoms with Crippen molar-refractivity contribution in [2.45, 2.75) is 24.2 Å². The van der Waals surface area contributed by atoms with Gasteiger partial charge in [0, 0.05) is 37.2 Å². The van der Waals surface area contributed by atoms with Crippen LogP contribution < -0.4 is 20.5 Å². The molecule has 2 aliphatic heterocycles. The highest BCUT2D eigenvalue weighted by molar-refractivity contribution is 7.89. The third-order valence-corrected chi connectivity index (χ3v) is 7.86. The zero-order valence-electron chi connectivity index (χ0n) is 17.8. The van der Waals surface area contributed by atoms with Crippen molar-refractivity contribution in [1.82, 2.24) is 14.3 Å². The highest BCUT2D eigenvalue weighted by atomic mass is 32.2. The van der Waals surface area contributed by atoms with Gasteiger partial charge in [-0.3, -0.25) is 4.79 Å². The molecule has 0 saturated carbocycles. The second-order valence-corrected chi connectivity index (χ2v) is 10.1. The third-order valence-electron chi connectivity index (χ3n) is 5.96. The molecule has 1 amide bonds. The van der Waals surface area contributed by atoms with E-state index in [1.54, 1.807) is 24.3 Å². The molecule has 3 heterocycles. The molecule has 0 spiro atoms. The first-order chi connectivity index (χ1) is 15.9. The molecule has 0 unspecified atom stereocenters. The summed E-state index contributed by atoms with van der Waals surface area (Å²) in [5.74, 6) is 0.508. The van der Waals surface area contributed by atoms with Gasteiger partial charge in [0.2, 0.25) is 15.9 Å². The van der Waals surface area contributed by atoms with Crippen LogP contribution in [0.4, 0.5) is 5.69 Å². The number of aromatic nitrogens is 2. The van der Waals surface area contributed by atoms with Gasteiger partial charge in [0.1, 0.15) is 0 Å². The van der Waals surface area contributed by atoms with E-state index in [0.717, 1.165) is 6.42 Å². The molecule has 11 heteroatoms. The van der Waals surface area contributed by atoms with E-state index in [1.165, 1.54) is 16.4 Å². The second kappa shape index (κ2) is 8.56. The Labute approximate surface area is 189 Å². The molecule has 5 rings (SSSR count). The first-order valence-corrected chi connectivity index (χ1v) is 12.3. The number of amides is 1. The van der Waals surface area contributed by atoms with Crippen molar-refractivity contribution in [3.63, 3.8) is 0 Å². The highest BCUT2D eigenvalue weighted by Gasteiger charge is 2.33. The van der Waals surface area contributed by atoms with Gasteiger partial charge in [-0.25, -0.2) is 13.2 Å². The number of sulfonamides is 1. The molecule has 2 aliphatic rings. The summed E-state index contributed by atoms with van der Waals surface area (Å²) in [6.07, 6.45) is 1.57. The van der Waals surface area contributed by atoms with E-state index in [0.29, 0.717) is 54.3 Å². The average Bonchev–Trinajstić information content (AvgIpc) is 3.02. The number of hydrogen-bond acceptors (Lipinski definition) is 6. The summed E-state index contributed by atoms with van der Waals surface area (Å²) < 4.78 is 38.9. The number of nitrogens with one attached hydrogen (secondary N) is 3. The maximum absolute atomic E-state index is 13.2. The zero-order valence-corrected chi connectivity index (χ0v) is 18.6.